The Morgan fingerprint density at radius 2 is 1.55 bits per heavy atom. The van der Waals surface area contributed by atoms with Crippen molar-refractivity contribution < 1.29 is 28.6 Å². The van der Waals surface area contributed by atoms with E-state index in [0.29, 0.717) is 19.3 Å². The van der Waals surface area contributed by atoms with Gasteiger partial charge >= 0.3 is 18.0 Å². The van der Waals surface area contributed by atoms with Crippen LogP contribution in [0.4, 0.5) is 4.79 Å². The largest absolute Gasteiger partial charge is 0.469 e. The highest BCUT2D eigenvalue weighted by molar-refractivity contribution is 5.81. The van der Waals surface area contributed by atoms with Crippen molar-refractivity contribution in [3.05, 3.63) is 0 Å². The Balaban J connectivity index is 4.45. The summed E-state index contributed by atoms with van der Waals surface area (Å²) in [5.41, 5.74) is -0.649. The monoisotopic (exact) mass is 317 g/mol. The van der Waals surface area contributed by atoms with Gasteiger partial charge in [-0.25, -0.2) is 9.59 Å². The zero-order valence-corrected chi connectivity index (χ0v) is 14.2. The van der Waals surface area contributed by atoms with Crippen molar-refractivity contribution in [3.8, 4) is 0 Å². The summed E-state index contributed by atoms with van der Waals surface area (Å²) in [4.78, 5) is 34.7. The maximum atomic E-state index is 11.7. The fraction of sp³-hybridized carbons (Fsp3) is 0.800. The van der Waals surface area contributed by atoms with E-state index in [0.717, 1.165) is 0 Å². The topological polar surface area (TPSA) is 90.9 Å². The van der Waals surface area contributed by atoms with E-state index in [1.807, 2.05) is 0 Å². The summed E-state index contributed by atoms with van der Waals surface area (Å²) in [6.45, 7) is 6.95. The maximum absolute atomic E-state index is 11.7. The fourth-order valence-electron chi connectivity index (χ4n) is 1.79. The van der Waals surface area contributed by atoms with Crippen molar-refractivity contribution >= 4 is 18.0 Å². The number of rotatable bonds is 7. The molecule has 0 radical (unpaired) electrons. The highest BCUT2D eigenvalue weighted by atomic mass is 16.6. The van der Waals surface area contributed by atoms with Crippen molar-refractivity contribution in [2.75, 3.05) is 14.2 Å². The van der Waals surface area contributed by atoms with Crippen LogP contribution in [0.5, 0.6) is 0 Å². The molecule has 0 spiro atoms. The van der Waals surface area contributed by atoms with Crippen LogP contribution >= 0.6 is 0 Å². The van der Waals surface area contributed by atoms with Crippen LogP contribution in [-0.4, -0.2) is 43.9 Å². The molecular weight excluding hydrogens is 290 g/mol. The normalized spacial score (nSPS) is 13.7. The summed E-state index contributed by atoms with van der Waals surface area (Å²) in [6.07, 6.45) is 0.791. The lowest BCUT2D eigenvalue weighted by atomic mass is 10.0. The Labute approximate surface area is 131 Å². The number of nitrogens with one attached hydrogen (secondary N) is 1. The molecule has 0 aromatic heterocycles. The minimum Gasteiger partial charge on any atom is -0.469 e. The lowest BCUT2D eigenvalue weighted by Gasteiger charge is -2.22. The van der Waals surface area contributed by atoms with E-state index in [-0.39, 0.29) is 11.9 Å². The van der Waals surface area contributed by atoms with Gasteiger partial charge in [0.25, 0.3) is 0 Å². The molecule has 1 amide bonds. The van der Waals surface area contributed by atoms with Crippen molar-refractivity contribution in [1.29, 1.82) is 0 Å². The molecule has 0 fully saturated rings. The predicted molar refractivity (Wildman–Crippen MR) is 80.2 cm³/mol. The maximum Gasteiger partial charge on any atom is 0.408 e. The highest BCUT2D eigenvalue weighted by Crippen LogP contribution is 2.13. The van der Waals surface area contributed by atoms with E-state index in [2.05, 4.69) is 14.8 Å². The van der Waals surface area contributed by atoms with Crippen LogP contribution in [0.15, 0.2) is 0 Å². The number of hydrogen-bond donors (Lipinski definition) is 1. The van der Waals surface area contributed by atoms with Gasteiger partial charge in [0.05, 0.1) is 20.1 Å². The Hall–Kier alpha value is -1.79. The number of esters is 2. The van der Waals surface area contributed by atoms with Crippen molar-refractivity contribution in [2.24, 2.45) is 5.92 Å². The standard InChI is InChI=1S/C15H27NO6/c1-10(12(17)20-5)8-7-9-11(13(18)21-6)16-14(19)22-15(2,3)4/h10-11H,7-9H2,1-6H3,(H,16,19). The molecule has 0 bridgehead atoms. The molecule has 22 heavy (non-hydrogen) atoms. The van der Waals surface area contributed by atoms with Gasteiger partial charge in [-0.15, -0.1) is 0 Å². The third-order valence-electron chi connectivity index (χ3n) is 2.91. The summed E-state index contributed by atoms with van der Waals surface area (Å²) >= 11 is 0. The van der Waals surface area contributed by atoms with E-state index in [1.54, 1.807) is 27.7 Å². The Bertz CT molecular complexity index is 388. The van der Waals surface area contributed by atoms with Gasteiger partial charge in [-0.1, -0.05) is 6.92 Å². The molecule has 0 saturated carbocycles. The van der Waals surface area contributed by atoms with Gasteiger partial charge in [0.15, 0.2) is 0 Å². The fourth-order valence-corrected chi connectivity index (χ4v) is 1.79. The van der Waals surface area contributed by atoms with Gasteiger partial charge in [0.1, 0.15) is 11.6 Å². The molecule has 0 rings (SSSR count). The minimum atomic E-state index is -0.801. The van der Waals surface area contributed by atoms with Gasteiger partial charge in [-0.2, -0.15) is 0 Å². The third-order valence-corrected chi connectivity index (χ3v) is 2.91. The quantitative estimate of drug-likeness (QED) is 0.570. The lowest BCUT2D eigenvalue weighted by Crippen LogP contribution is -2.44. The molecule has 128 valence electrons. The van der Waals surface area contributed by atoms with Crippen LogP contribution in [0.3, 0.4) is 0 Å². The Kier molecular flexibility index (Phi) is 8.52. The van der Waals surface area contributed by atoms with E-state index in [4.69, 9.17) is 4.74 Å². The van der Waals surface area contributed by atoms with Crippen molar-refractivity contribution in [3.63, 3.8) is 0 Å². The van der Waals surface area contributed by atoms with Gasteiger partial charge in [0.2, 0.25) is 0 Å². The smallest absolute Gasteiger partial charge is 0.408 e. The third kappa shape index (κ3) is 8.49. The molecule has 1 N–H and O–H groups in total. The molecule has 7 heteroatoms. The van der Waals surface area contributed by atoms with Crippen LogP contribution in [0.1, 0.15) is 47.0 Å². The molecule has 0 aromatic carbocycles. The van der Waals surface area contributed by atoms with Crippen LogP contribution in [0.2, 0.25) is 0 Å². The second-order valence-corrected chi connectivity index (χ2v) is 6.08. The molecular formula is C15H27NO6. The first-order valence-electron chi connectivity index (χ1n) is 7.26. The number of hydrogen-bond acceptors (Lipinski definition) is 6. The zero-order chi connectivity index (χ0) is 17.3. The number of carbonyl (C=O) groups is 3. The highest BCUT2D eigenvalue weighted by Gasteiger charge is 2.25. The van der Waals surface area contributed by atoms with Gasteiger partial charge in [-0.05, 0) is 40.0 Å². The first kappa shape index (κ1) is 20.2. The minimum absolute atomic E-state index is 0.259. The number of amides is 1. The molecule has 7 nitrogen and oxygen atoms in total. The predicted octanol–water partition coefficient (Wildman–Crippen LogP) is 2.03. The van der Waals surface area contributed by atoms with Crippen molar-refractivity contribution in [1.82, 2.24) is 5.32 Å². The van der Waals surface area contributed by atoms with E-state index >= 15 is 0 Å². The van der Waals surface area contributed by atoms with Gasteiger partial charge < -0.3 is 19.5 Å². The van der Waals surface area contributed by atoms with E-state index in [9.17, 15) is 14.4 Å². The van der Waals surface area contributed by atoms with Crippen LogP contribution < -0.4 is 5.32 Å². The molecule has 0 aliphatic rings. The number of methoxy groups -OCH3 is 2. The van der Waals surface area contributed by atoms with E-state index in [1.165, 1.54) is 14.2 Å². The van der Waals surface area contributed by atoms with Gasteiger partial charge in [0, 0.05) is 0 Å². The number of alkyl carbamates (subject to hydrolysis) is 1. The first-order valence-corrected chi connectivity index (χ1v) is 7.26. The molecule has 0 heterocycles. The van der Waals surface area contributed by atoms with Gasteiger partial charge in [-0.3, -0.25) is 4.79 Å². The van der Waals surface area contributed by atoms with Crippen LogP contribution in [-0.2, 0) is 23.8 Å². The first-order chi connectivity index (χ1) is 10.1. The molecule has 0 aromatic rings. The summed E-state index contributed by atoms with van der Waals surface area (Å²) in [6, 6.07) is -0.801. The molecule has 0 aliphatic heterocycles. The molecule has 2 unspecified atom stereocenters. The summed E-state index contributed by atoms with van der Waals surface area (Å²) < 4.78 is 14.4. The van der Waals surface area contributed by atoms with Crippen LogP contribution in [0, 0.1) is 5.92 Å². The van der Waals surface area contributed by atoms with E-state index < -0.39 is 23.7 Å². The van der Waals surface area contributed by atoms with Crippen molar-refractivity contribution in [2.45, 2.75) is 58.6 Å². The number of carbonyl (C=O) groups excluding carboxylic acids is 3. The SMILES string of the molecule is COC(=O)C(C)CCCC(NC(=O)OC(C)(C)C)C(=O)OC. The molecule has 0 aliphatic carbocycles. The Morgan fingerprint density at radius 1 is 1.00 bits per heavy atom. The molecule has 0 saturated heterocycles. The average Bonchev–Trinajstić information content (AvgIpc) is 2.42. The zero-order valence-electron chi connectivity index (χ0n) is 14.2. The Morgan fingerprint density at radius 3 is 2.00 bits per heavy atom. The second kappa shape index (κ2) is 9.27. The summed E-state index contributed by atoms with van der Waals surface area (Å²) in [5.74, 6) is -1.10. The number of ether oxygens (including phenoxy) is 3. The average molecular weight is 317 g/mol. The molecule has 2 atom stereocenters. The summed E-state index contributed by atoms with van der Waals surface area (Å²) in [7, 11) is 2.59. The summed E-state index contributed by atoms with van der Waals surface area (Å²) in [5, 5.41) is 2.49. The lowest BCUT2D eigenvalue weighted by molar-refractivity contribution is -0.145. The van der Waals surface area contributed by atoms with Crippen LogP contribution in [0.25, 0.3) is 0 Å². The second-order valence-electron chi connectivity index (χ2n) is 6.08.